The Balaban J connectivity index is 1.99. The fourth-order valence-electron chi connectivity index (χ4n) is 2.41. The van der Waals surface area contributed by atoms with Crippen LogP contribution in [0.5, 0.6) is 11.5 Å². The number of ether oxygens (including phenoxy) is 2. The molecule has 1 atom stereocenters. The van der Waals surface area contributed by atoms with E-state index in [1.54, 1.807) is 0 Å². The largest absolute Gasteiger partial charge is 0.550 e. The summed E-state index contributed by atoms with van der Waals surface area (Å²) in [6, 6.07) is 15.0. The van der Waals surface area contributed by atoms with Crippen molar-refractivity contribution in [2.45, 2.75) is 12.3 Å². The number of hydrogen-bond acceptors (Lipinski definition) is 4. The highest BCUT2D eigenvalue weighted by Crippen LogP contribution is 2.37. The lowest BCUT2D eigenvalue weighted by Gasteiger charge is -2.19. The third-order valence-corrected chi connectivity index (χ3v) is 3.37. The monoisotopic (exact) mass is 269 g/mol. The molecule has 0 fully saturated rings. The molecule has 2 aromatic rings. The number of rotatable bonds is 4. The van der Waals surface area contributed by atoms with E-state index in [9.17, 15) is 9.90 Å². The van der Waals surface area contributed by atoms with Gasteiger partial charge in [0, 0.05) is 11.9 Å². The standard InChI is InChI=1S/C16H14O4/c17-16(18)9-13(11-4-2-1-3-5-11)12-6-7-14-15(8-12)20-10-19-14/h1-8,13H,9-10H2,(H,17,18)/p-1/t13-/m1/s1. The summed E-state index contributed by atoms with van der Waals surface area (Å²) in [7, 11) is 0. The lowest BCUT2D eigenvalue weighted by molar-refractivity contribution is -0.305. The third-order valence-electron chi connectivity index (χ3n) is 3.37. The van der Waals surface area contributed by atoms with E-state index in [2.05, 4.69) is 0 Å². The molecule has 0 spiro atoms. The molecule has 102 valence electrons. The molecule has 1 aliphatic heterocycles. The minimum Gasteiger partial charge on any atom is -0.550 e. The zero-order valence-electron chi connectivity index (χ0n) is 10.7. The Bertz CT molecular complexity index is 622. The van der Waals surface area contributed by atoms with Crippen LogP contribution in [-0.4, -0.2) is 12.8 Å². The Morgan fingerprint density at radius 3 is 2.55 bits per heavy atom. The Labute approximate surface area is 116 Å². The molecule has 4 heteroatoms. The summed E-state index contributed by atoms with van der Waals surface area (Å²) in [4.78, 5) is 11.0. The van der Waals surface area contributed by atoms with Crippen molar-refractivity contribution in [3.63, 3.8) is 0 Å². The fraction of sp³-hybridized carbons (Fsp3) is 0.188. The summed E-state index contributed by atoms with van der Waals surface area (Å²) < 4.78 is 10.6. The number of benzene rings is 2. The topological polar surface area (TPSA) is 58.6 Å². The second-order valence-corrected chi connectivity index (χ2v) is 4.65. The van der Waals surface area contributed by atoms with E-state index < -0.39 is 5.97 Å². The number of carboxylic acids is 1. The van der Waals surface area contributed by atoms with Gasteiger partial charge < -0.3 is 19.4 Å². The lowest BCUT2D eigenvalue weighted by atomic mass is 9.88. The highest BCUT2D eigenvalue weighted by Gasteiger charge is 2.19. The van der Waals surface area contributed by atoms with E-state index in [4.69, 9.17) is 9.47 Å². The quantitative estimate of drug-likeness (QED) is 0.847. The van der Waals surface area contributed by atoms with Crippen LogP contribution in [0.2, 0.25) is 0 Å². The summed E-state index contributed by atoms with van der Waals surface area (Å²) >= 11 is 0. The molecule has 0 bridgehead atoms. The fourth-order valence-corrected chi connectivity index (χ4v) is 2.41. The number of carbonyl (C=O) groups is 1. The molecule has 2 aromatic carbocycles. The van der Waals surface area contributed by atoms with Crippen LogP contribution in [0.3, 0.4) is 0 Å². The van der Waals surface area contributed by atoms with E-state index >= 15 is 0 Å². The molecular formula is C16H13O4-. The van der Waals surface area contributed by atoms with E-state index in [1.807, 2.05) is 48.5 Å². The number of aliphatic carboxylic acids is 1. The molecule has 3 rings (SSSR count). The summed E-state index contributed by atoms with van der Waals surface area (Å²) in [5, 5.41) is 11.0. The van der Waals surface area contributed by atoms with Crippen LogP contribution in [0.1, 0.15) is 23.5 Å². The van der Waals surface area contributed by atoms with Crippen LogP contribution in [0, 0.1) is 0 Å². The van der Waals surface area contributed by atoms with Crippen LogP contribution in [0.4, 0.5) is 0 Å². The first-order chi connectivity index (χ1) is 9.74. The number of fused-ring (bicyclic) bond motifs is 1. The van der Waals surface area contributed by atoms with Gasteiger partial charge in [-0.25, -0.2) is 0 Å². The lowest BCUT2D eigenvalue weighted by Crippen LogP contribution is -2.24. The SMILES string of the molecule is O=C([O-])C[C@H](c1ccccc1)c1ccc2c(c1)OCO2. The Morgan fingerprint density at radius 1 is 1.05 bits per heavy atom. The van der Waals surface area contributed by atoms with Crippen LogP contribution >= 0.6 is 0 Å². The van der Waals surface area contributed by atoms with Gasteiger partial charge in [0.1, 0.15) is 0 Å². The number of carboxylic acid groups (broad SMARTS) is 1. The van der Waals surface area contributed by atoms with Crippen molar-refractivity contribution in [3.05, 3.63) is 59.7 Å². The van der Waals surface area contributed by atoms with Crippen LogP contribution in [0.15, 0.2) is 48.5 Å². The van der Waals surface area contributed by atoms with Gasteiger partial charge >= 0.3 is 0 Å². The maximum Gasteiger partial charge on any atom is 0.231 e. The zero-order valence-corrected chi connectivity index (χ0v) is 10.7. The zero-order chi connectivity index (χ0) is 13.9. The number of carbonyl (C=O) groups excluding carboxylic acids is 1. The van der Waals surface area contributed by atoms with Crippen molar-refractivity contribution in [3.8, 4) is 11.5 Å². The van der Waals surface area contributed by atoms with Gasteiger partial charge in [0.25, 0.3) is 0 Å². The third kappa shape index (κ3) is 2.45. The predicted octanol–water partition coefficient (Wildman–Crippen LogP) is 1.69. The van der Waals surface area contributed by atoms with Gasteiger partial charge in [-0.2, -0.15) is 0 Å². The Kier molecular flexibility index (Phi) is 3.29. The molecule has 0 N–H and O–H groups in total. The van der Waals surface area contributed by atoms with E-state index in [0.717, 1.165) is 11.1 Å². The van der Waals surface area contributed by atoms with Crippen molar-refractivity contribution >= 4 is 5.97 Å². The summed E-state index contributed by atoms with van der Waals surface area (Å²) in [6.45, 7) is 0.204. The van der Waals surface area contributed by atoms with Crippen molar-refractivity contribution in [1.29, 1.82) is 0 Å². The Hall–Kier alpha value is -2.49. The molecule has 4 nitrogen and oxygen atoms in total. The predicted molar refractivity (Wildman–Crippen MR) is 70.5 cm³/mol. The number of hydrogen-bond donors (Lipinski definition) is 0. The van der Waals surface area contributed by atoms with Crippen molar-refractivity contribution in [1.82, 2.24) is 0 Å². The summed E-state index contributed by atoms with van der Waals surface area (Å²) in [6.07, 6.45) is -0.0658. The molecule has 0 saturated heterocycles. The van der Waals surface area contributed by atoms with Crippen molar-refractivity contribution in [2.24, 2.45) is 0 Å². The normalized spacial score (nSPS) is 14.0. The first kappa shape index (κ1) is 12.5. The van der Waals surface area contributed by atoms with Gasteiger partial charge in [0.2, 0.25) is 6.79 Å². The molecule has 1 heterocycles. The maximum absolute atomic E-state index is 11.0. The smallest absolute Gasteiger partial charge is 0.231 e. The summed E-state index contributed by atoms with van der Waals surface area (Å²) in [5.41, 5.74) is 1.82. The van der Waals surface area contributed by atoms with E-state index in [-0.39, 0.29) is 19.1 Å². The molecule has 1 aliphatic rings. The van der Waals surface area contributed by atoms with Crippen LogP contribution in [0.25, 0.3) is 0 Å². The van der Waals surface area contributed by atoms with Crippen LogP contribution in [-0.2, 0) is 4.79 Å². The molecule has 0 aliphatic carbocycles. The van der Waals surface area contributed by atoms with Gasteiger partial charge in [-0.05, 0) is 29.7 Å². The molecule has 0 unspecified atom stereocenters. The average Bonchev–Trinajstić information content (AvgIpc) is 2.93. The minimum absolute atomic E-state index is 0.0658. The molecule has 0 radical (unpaired) electrons. The summed E-state index contributed by atoms with van der Waals surface area (Å²) in [5.74, 6) is 0.0167. The maximum atomic E-state index is 11.0. The second-order valence-electron chi connectivity index (χ2n) is 4.65. The first-order valence-electron chi connectivity index (χ1n) is 6.38. The Morgan fingerprint density at radius 2 is 1.80 bits per heavy atom. The molecule has 0 amide bonds. The molecule has 0 aromatic heterocycles. The molecule has 0 saturated carbocycles. The van der Waals surface area contributed by atoms with Crippen molar-refractivity contribution < 1.29 is 19.4 Å². The van der Waals surface area contributed by atoms with Gasteiger partial charge in [0.05, 0.1) is 0 Å². The van der Waals surface area contributed by atoms with Gasteiger partial charge in [-0.3, -0.25) is 0 Å². The molecule has 20 heavy (non-hydrogen) atoms. The van der Waals surface area contributed by atoms with Gasteiger partial charge in [0.15, 0.2) is 11.5 Å². The van der Waals surface area contributed by atoms with E-state index in [1.165, 1.54) is 0 Å². The molecular weight excluding hydrogens is 256 g/mol. The van der Waals surface area contributed by atoms with Gasteiger partial charge in [-0.15, -0.1) is 0 Å². The highest BCUT2D eigenvalue weighted by atomic mass is 16.7. The van der Waals surface area contributed by atoms with Crippen LogP contribution < -0.4 is 14.6 Å². The van der Waals surface area contributed by atoms with Crippen molar-refractivity contribution in [2.75, 3.05) is 6.79 Å². The van der Waals surface area contributed by atoms with E-state index in [0.29, 0.717) is 11.5 Å². The second kappa shape index (κ2) is 5.25. The average molecular weight is 269 g/mol. The minimum atomic E-state index is -1.07. The highest BCUT2D eigenvalue weighted by molar-refractivity contribution is 5.67. The first-order valence-corrected chi connectivity index (χ1v) is 6.38. The van der Waals surface area contributed by atoms with Gasteiger partial charge in [-0.1, -0.05) is 36.4 Å².